The molecule has 0 saturated carbocycles. The van der Waals surface area contributed by atoms with Gasteiger partial charge in [0, 0.05) is 13.5 Å². The van der Waals surface area contributed by atoms with Crippen LogP contribution in [0, 0.1) is 6.92 Å². The molecule has 0 aliphatic carbocycles. The maximum absolute atomic E-state index is 12.5. The standard InChI is InChI=1S/C23H30N2O4/c1-5-12-29-21-11-8-19(16(2)13-21)15-24-23(27)14-22(25-17(3)26)18-6-9-20(28-4)10-7-18/h6-11,13,22H,5,12,14-15H2,1-4H3,(H,24,27)(H,25,26)/t22-/m1/s1. The smallest absolute Gasteiger partial charge is 0.222 e. The van der Waals surface area contributed by atoms with Crippen LogP contribution in [0.3, 0.4) is 0 Å². The fraction of sp³-hybridized carbons (Fsp3) is 0.391. The van der Waals surface area contributed by atoms with Crippen molar-refractivity contribution in [2.75, 3.05) is 13.7 Å². The lowest BCUT2D eigenvalue weighted by Crippen LogP contribution is -2.32. The molecule has 0 aromatic heterocycles. The number of nitrogens with one attached hydrogen (secondary N) is 2. The van der Waals surface area contributed by atoms with Gasteiger partial charge >= 0.3 is 0 Å². The van der Waals surface area contributed by atoms with Crippen molar-refractivity contribution >= 4 is 11.8 Å². The summed E-state index contributed by atoms with van der Waals surface area (Å²) in [5.74, 6) is 1.24. The summed E-state index contributed by atoms with van der Waals surface area (Å²) >= 11 is 0. The van der Waals surface area contributed by atoms with Crippen molar-refractivity contribution < 1.29 is 19.1 Å². The van der Waals surface area contributed by atoms with Gasteiger partial charge in [-0.1, -0.05) is 25.1 Å². The number of ether oxygens (including phenoxy) is 2. The molecule has 0 saturated heterocycles. The van der Waals surface area contributed by atoms with Crippen LogP contribution < -0.4 is 20.1 Å². The van der Waals surface area contributed by atoms with Crippen LogP contribution in [-0.4, -0.2) is 25.5 Å². The van der Waals surface area contributed by atoms with Crippen LogP contribution in [0.5, 0.6) is 11.5 Å². The van der Waals surface area contributed by atoms with E-state index in [9.17, 15) is 9.59 Å². The molecule has 0 unspecified atom stereocenters. The summed E-state index contributed by atoms with van der Waals surface area (Å²) in [6.07, 6.45) is 1.11. The van der Waals surface area contributed by atoms with Crippen molar-refractivity contribution in [1.29, 1.82) is 0 Å². The fourth-order valence-corrected chi connectivity index (χ4v) is 2.96. The molecule has 2 rings (SSSR count). The number of amides is 2. The van der Waals surface area contributed by atoms with Crippen LogP contribution in [0.1, 0.15) is 49.4 Å². The maximum atomic E-state index is 12.5. The Morgan fingerprint density at radius 3 is 2.34 bits per heavy atom. The number of carbonyl (C=O) groups is 2. The molecule has 0 aliphatic rings. The number of aryl methyl sites for hydroxylation is 1. The van der Waals surface area contributed by atoms with Crippen LogP contribution in [0.2, 0.25) is 0 Å². The summed E-state index contributed by atoms with van der Waals surface area (Å²) in [7, 11) is 1.60. The predicted octanol–water partition coefficient (Wildman–Crippen LogP) is 3.68. The molecule has 0 spiro atoms. The van der Waals surface area contributed by atoms with Gasteiger partial charge in [0.1, 0.15) is 11.5 Å². The fourth-order valence-electron chi connectivity index (χ4n) is 2.96. The van der Waals surface area contributed by atoms with E-state index in [1.807, 2.05) is 49.4 Å². The number of hydrogen-bond donors (Lipinski definition) is 2. The van der Waals surface area contributed by atoms with Gasteiger partial charge in [0.15, 0.2) is 0 Å². The van der Waals surface area contributed by atoms with E-state index in [4.69, 9.17) is 9.47 Å². The zero-order valence-electron chi connectivity index (χ0n) is 17.6. The SMILES string of the molecule is CCCOc1ccc(CNC(=O)C[C@@H](NC(C)=O)c2ccc(OC)cc2)c(C)c1. The number of carbonyl (C=O) groups excluding carboxylic acids is 2. The van der Waals surface area contributed by atoms with Crippen LogP contribution in [0.15, 0.2) is 42.5 Å². The van der Waals surface area contributed by atoms with Crippen LogP contribution in [0.25, 0.3) is 0 Å². The minimum Gasteiger partial charge on any atom is -0.497 e. The predicted molar refractivity (Wildman–Crippen MR) is 113 cm³/mol. The van der Waals surface area contributed by atoms with Gasteiger partial charge < -0.3 is 20.1 Å². The Morgan fingerprint density at radius 2 is 1.76 bits per heavy atom. The zero-order chi connectivity index (χ0) is 21.2. The van der Waals surface area contributed by atoms with Crippen LogP contribution in [0.4, 0.5) is 0 Å². The second kappa shape index (κ2) is 11.1. The Hall–Kier alpha value is -3.02. The van der Waals surface area contributed by atoms with Gasteiger partial charge in [0.2, 0.25) is 11.8 Å². The molecule has 1 atom stereocenters. The lowest BCUT2D eigenvalue weighted by molar-refractivity contribution is -0.122. The van der Waals surface area contributed by atoms with Gasteiger partial charge in [0.25, 0.3) is 0 Å². The number of rotatable bonds is 10. The first-order valence-corrected chi connectivity index (χ1v) is 9.83. The summed E-state index contributed by atoms with van der Waals surface area (Å²) in [4.78, 5) is 24.1. The molecule has 29 heavy (non-hydrogen) atoms. The summed E-state index contributed by atoms with van der Waals surface area (Å²) < 4.78 is 10.8. The highest BCUT2D eigenvalue weighted by Gasteiger charge is 2.17. The summed E-state index contributed by atoms with van der Waals surface area (Å²) in [6, 6.07) is 12.8. The minimum atomic E-state index is -0.399. The van der Waals surface area contributed by atoms with Crippen molar-refractivity contribution in [3.8, 4) is 11.5 Å². The van der Waals surface area contributed by atoms with Gasteiger partial charge in [0.05, 0.1) is 26.2 Å². The quantitative estimate of drug-likeness (QED) is 0.640. The highest BCUT2D eigenvalue weighted by Crippen LogP contribution is 2.21. The van der Waals surface area contributed by atoms with Gasteiger partial charge in [-0.15, -0.1) is 0 Å². The number of methoxy groups -OCH3 is 1. The average molecular weight is 399 g/mol. The molecule has 156 valence electrons. The molecular formula is C23H30N2O4. The molecule has 0 fully saturated rings. The minimum absolute atomic E-state index is 0.134. The van der Waals surface area contributed by atoms with Gasteiger partial charge in [-0.05, 0) is 54.3 Å². The van der Waals surface area contributed by atoms with Crippen LogP contribution >= 0.6 is 0 Å². The van der Waals surface area contributed by atoms with Crippen molar-refractivity contribution in [3.63, 3.8) is 0 Å². The zero-order valence-corrected chi connectivity index (χ0v) is 17.6. The highest BCUT2D eigenvalue weighted by molar-refractivity contribution is 5.79. The molecular weight excluding hydrogens is 368 g/mol. The first-order chi connectivity index (χ1) is 13.9. The molecule has 2 aromatic rings. The lowest BCUT2D eigenvalue weighted by Gasteiger charge is -2.19. The van der Waals surface area contributed by atoms with Crippen molar-refractivity contribution in [2.45, 2.75) is 46.2 Å². The van der Waals surface area contributed by atoms with Crippen molar-refractivity contribution in [1.82, 2.24) is 10.6 Å². The second-order valence-electron chi connectivity index (χ2n) is 6.94. The number of hydrogen-bond acceptors (Lipinski definition) is 4. The summed E-state index contributed by atoms with van der Waals surface area (Å²) in [5.41, 5.74) is 2.94. The van der Waals surface area contributed by atoms with E-state index < -0.39 is 6.04 Å². The van der Waals surface area contributed by atoms with E-state index in [1.165, 1.54) is 6.92 Å². The third-order valence-corrected chi connectivity index (χ3v) is 4.55. The Balaban J connectivity index is 1.98. The van der Waals surface area contributed by atoms with E-state index in [-0.39, 0.29) is 18.2 Å². The van der Waals surface area contributed by atoms with E-state index in [2.05, 4.69) is 17.6 Å². The van der Waals surface area contributed by atoms with E-state index >= 15 is 0 Å². The largest absolute Gasteiger partial charge is 0.497 e. The Morgan fingerprint density at radius 1 is 1.07 bits per heavy atom. The molecule has 0 radical (unpaired) electrons. The average Bonchev–Trinajstić information content (AvgIpc) is 2.70. The third kappa shape index (κ3) is 7.14. The first-order valence-electron chi connectivity index (χ1n) is 9.83. The van der Waals surface area contributed by atoms with Gasteiger partial charge in [-0.3, -0.25) is 9.59 Å². The van der Waals surface area contributed by atoms with Gasteiger partial charge in [-0.2, -0.15) is 0 Å². The Labute approximate surface area is 172 Å². The molecule has 6 nitrogen and oxygen atoms in total. The Kier molecular flexibility index (Phi) is 8.52. The maximum Gasteiger partial charge on any atom is 0.222 e. The number of benzene rings is 2. The van der Waals surface area contributed by atoms with E-state index in [1.54, 1.807) is 7.11 Å². The first kappa shape index (κ1) is 22.3. The molecule has 0 aliphatic heterocycles. The molecule has 2 aromatic carbocycles. The molecule has 2 N–H and O–H groups in total. The molecule has 6 heteroatoms. The van der Waals surface area contributed by atoms with Crippen molar-refractivity contribution in [3.05, 3.63) is 59.2 Å². The summed E-state index contributed by atoms with van der Waals surface area (Å²) in [5, 5.41) is 5.79. The lowest BCUT2D eigenvalue weighted by atomic mass is 10.0. The van der Waals surface area contributed by atoms with Crippen molar-refractivity contribution in [2.24, 2.45) is 0 Å². The third-order valence-electron chi connectivity index (χ3n) is 4.55. The molecule has 2 amide bonds. The van der Waals surface area contributed by atoms with Crippen LogP contribution in [-0.2, 0) is 16.1 Å². The Bertz CT molecular complexity index is 818. The second-order valence-corrected chi connectivity index (χ2v) is 6.94. The van der Waals surface area contributed by atoms with E-state index in [0.717, 1.165) is 34.6 Å². The normalized spacial score (nSPS) is 11.4. The monoisotopic (exact) mass is 398 g/mol. The molecule has 0 bridgehead atoms. The van der Waals surface area contributed by atoms with E-state index in [0.29, 0.717) is 13.2 Å². The summed E-state index contributed by atoms with van der Waals surface area (Å²) in [6.45, 7) is 6.62. The topological polar surface area (TPSA) is 76.7 Å². The molecule has 0 heterocycles. The van der Waals surface area contributed by atoms with Gasteiger partial charge in [-0.25, -0.2) is 0 Å². The highest BCUT2D eigenvalue weighted by atomic mass is 16.5.